The number of hydrogen-bond donors (Lipinski definition) is 4. The van der Waals surface area contributed by atoms with Crippen LogP contribution in [0.5, 0.6) is 0 Å². The van der Waals surface area contributed by atoms with E-state index in [1.54, 1.807) is 0 Å². The monoisotopic (exact) mass is 259 g/mol. The summed E-state index contributed by atoms with van der Waals surface area (Å²) in [6.45, 7) is 3.91. The molecular formula is C12H25N3O3. The van der Waals surface area contributed by atoms with Crippen molar-refractivity contribution in [3.05, 3.63) is 0 Å². The van der Waals surface area contributed by atoms with Crippen LogP contribution < -0.4 is 16.8 Å². The van der Waals surface area contributed by atoms with Gasteiger partial charge in [-0.3, -0.25) is 4.79 Å². The molecule has 0 saturated carbocycles. The van der Waals surface area contributed by atoms with Gasteiger partial charge < -0.3 is 21.9 Å². The van der Waals surface area contributed by atoms with E-state index in [2.05, 4.69) is 5.32 Å². The van der Waals surface area contributed by atoms with Gasteiger partial charge in [0.05, 0.1) is 6.04 Å². The highest BCUT2D eigenvalue weighted by Gasteiger charge is 2.25. The maximum Gasteiger partial charge on any atom is 0.326 e. The standard InChI is InChI=1S/C12H25N3O3/c1-3-5-7-9(12(17)18)15-11(16)10(14)8(13)6-4-2/h8-10H,3-7,13-14H2,1-2H3,(H,15,16)(H,17,18). The first-order chi connectivity index (χ1) is 8.43. The van der Waals surface area contributed by atoms with Gasteiger partial charge in [-0.2, -0.15) is 0 Å². The van der Waals surface area contributed by atoms with Gasteiger partial charge in [-0.25, -0.2) is 4.79 Å². The Labute approximate surface area is 108 Å². The van der Waals surface area contributed by atoms with E-state index in [0.717, 1.165) is 19.3 Å². The lowest BCUT2D eigenvalue weighted by atomic mass is 10.0. The van der Waals surface area contributed by atoms with Crippen LogP contribution >= 0.6 is 0 Å². The third-order valence-corrected chi connectivity index (χ3v) is 2.85. The molecule has 0 aliphatic heterocycles. The van der Waals surface area contributed by atoms with Crippen molar-refractivity contribution in [2.75, 3.05) is 0 Å². The van der Waals surface area contributed by atoms with Crippen molar-refractivity contribution in [3.63, 3.8) is 0 Å². The molecule has 0 aromatic rings. The Kier molecular flexibility index (Phi) is 8.32. The average Bonchev–Trinajstić information content (AvgIpc) is 2.33. The minimum atomic E-state index is -1.03. The van der Waals surface area contributed by atoms with Crippen LogP contribution in [0.1, 0.15) is 46.0 Å². The number of unbranched alkanes of at least 4 members (excludes halogenated alkanes) is 1. The number of carbonyl (C=O) groups excluding carboxylic acids is 1. The molecule has 1 amide bonds. The minimum Gasteiger partial charge on any atom is -0.480 e. The van der Waals surface area contributed by atoms with Crippen molar-refractivity contribution < 1.29 is 14.7 Å². The fourth-order valence-electron chi connectivity index (χ4n) is 1.64. The summed E-state index contributed by atoms with van der Waals surface area (Å²) in [5.74, 6) is -1.52. The summed E-state index contributed by atoms with van der Waals surface area (Å²) in [6.07, 6.45) is 3.50. The third-order valence-electron chi connectivity index (χ3n) is 2.85. The summed E-state index contributed by atoms with van der Waals surface area (Å²) in [7, 11) is 0. The molecule has 0 heterocycles. The second kappa shape index (κ2) is 8.88. The maximum atomic E-state index is 11.8. The van der Waals surface area contributed by atoms with Crippen LogP contribution in [0.4, 0.5) is 0 Å². The van der Waals surface area contributed by atoms with Crippen LogP contribution in [0.2, 0.25) is 0 Å². The first-order valence-electron chi connectivity index (χ1n) is 6.48. The van der Waals surface area contributed by atoms with Gasteiger partial charge in [0, 0.05) is 6.04 Å². The average molecular weight is 259 g/mol. The van der Waals surface area contributed by atoms with Gasteiger partial charge in [-0.15, -0.1) is 0 Å². The Morgan fingerprint density at radius 1 is 1.17 bits per heavy atom. The van der Waals surface area contributed by atoms with Crippen molar-refractivity contribution in [1.82, 2.24) is 5.32 Å². The summed E-state index contributed by atoms with van der Waals surface area (Å²) < 4.78 is 0. The van der Waals surface area contributed by atoms with Gasteiger partial charge in [0.1, 0.15) is 6.04 Å². The number of aliphatic carboxylic acids is 1. The molecule has 6 nitrogen and oxygen atoms in total. The predicted octanol–water partition coefficient (Wildman–Crippen LogP) is 0.201. The summed E-state index contributed by atoms with van der Waals surface area (Å²) in [5.41, 5.74) is 11.4. The van der Waals surface area contributed by atoms with Crippen LogP contribution in [0.15, 0.2) is 0 Å². The number of amides is 1. The van der Waals surface area contributed by atoms with E-state index in [0.29, 0.717) is 12.8 Å². The lowest BCUT2D eigenvalue weighted by molar-refractivity contribution is -0.142. The number of nitrogens with one attached hydrogen (secondary N) is 1. The number of carbonyl (C=O) groups is 2. The molecule has 3 atom stereocenters. The topological polar surface area (TPSA) is 118 Å². The zero-order valence-corrected chi connectivity index (χ0v) is 11.2. The predicted molar refractivity (Wildman–Crippen MR) is 70.0 cm³/mol. The number of hydrogen-bond acceptors (Lipinski definition) is 4. The smallest absolute Gasteiger partial charge is 0.326 e. The normalized spacial score (nSPS) is 15.8. The van der Waals surface area contributed by atoms with Crippen molar-refractivity contribution in [2.24, 2.45) is 11.5 Å². The van der Waals surface area contributed by atoms with E-state index >= 15 is 0 Å². The molecule has 6 heteroatoms. The molecule has 0 bridgehead atoms. The molecule has 0 saturated heterocycles. The van der Waals surface area contributed by atoms with Gasteiger partial charge >= 0.3 is 5.97 Å². The van der Waals surface area contributed by atoms with Crippen LogP contribution in [0.25, 0.3) is 0 Å². The summed E-state index contributed by atoms with van der Waals surface area (Å²) in [5, 5.41) is 11.4. The molecule has 0 radical (unpaired) electrons. The zero-order valence-electron chi connectivity index (χ0n) is 11.2. The van der Waals surface area contributed by atoms with E-state index in [9.17, 15) is 9.59 Å². The fourth-order valence-corrected chi connectivity index (χ4v) is 1.64. The van der Waals surface area contributed by atoms with E-state index in [4.69, 9.17) is 16.6 Å². The van der Waals surface area contributed by atoms with Gasteiger partial charge in [-0.1, -0.05) is 33.1 Å². The summed E-state index contributed by atoms with van der Waals surface area (Å²) >= 11 is 0. The fraction of sp³-hybridized carbons (Fsp3) is 0.833. The van der Waals surface area contributed by atoms with Gasteiger partial charge in [-0.05, 0) is 12.8 Å². The zero-order chi connectivity index (χ0) is 14.1. The molecule has 0 rings (SSSR count). The van der Waals surface area contributed by atoms with Crippen molar-refractivity contribution in [3.8, 4) is 0 Å². The number of carboxylic acids is 1. The third kappa shape index (κ3) is 5.97. The lowest BCUT2D eigenvalue weighted by Gasteiger charge is -2.21. The highest BCUT2D eigenvalue weighted by atomic mass is 16.4. The molecule has 0 aliphatic rings. The van der Waals surface area contributed by atoms with Gasteiger partial charge in [0.2, 0.25) is 5.91 Å². The molecule has 106 valence electrons. The molecular weight excluding hydrogens is 234 g/mol. The minimum absolute atomic E-state index is 0.410. The SMILES string of the molecule is CCCCC(NC(=O)C(N)C(N)CCC)C(=O)O. The molecule has 6 N–H and O–H groups in total. The molecule has 0 fully saturated rings. The molecule has 0 aromatic heterocycles. The quantitative estimate of drug-likeness (QED) is 0.471. The van der Waals surface area contributed by atoms with Crippen LogP contribution in [0.3, 0.4) is 0 Å². The van der Waals surface area contributed by atoms with Crippen molar-refractivity contribution in [1.29, 1.82) is 0 Å². The molecule has 18 heavy (non-hydrogen) atoms. The van der Waals surface area contributed by atoms with E-state index in [1.807, 2.05) is 13.8 Å². The summed E-state index contributed by atoms with van der Waals surface area (Å²) in [4.78, 5) is 22.7. The van der Waals surface area contributed by atoms with Crippen LogP contribution in [0, 0.1) is 0 Å². The molecule has 0 aliphatic carbocycles. The van der Waals surface area contributed by atoms with Crippen molar-refractivity contribution in [2.45, 2.75) is 64.1 Å². The Morgan fingerprint density at radius 2 is 1.78 bits per heavy atom. The highest BCUT2D eigenvalue weighted by molar-refractivity contribution is 5.87. The second-order valence-corrected chi connectivity index (χ2v) is 4.52. The van der Waals surface area contributed by atoms with Gasteiger partial charge in [0.25, 0.3) is 0 Å². The molecule has 0 aromatic carbocycles. The van der Waals surface area contributed by atoms with Crippen molar-refractivity contribution >= 4 is 11.9 Å². The first kappa shape index (κ1) is 16.9. The van der Waals surface area contributed by atoms with Gasteiger partial charge in [0.15, 0.2) is 0 Å². The maximum absolute atomic E-state index is 11.8. The lowest BCUT2D eigenvalue weighted by Crippen LogP contribution is -2.55. The largest absolute Gasteiger partial charge is 0.480 e. The van der Waals surface area contributed by atoms with E-state index in [-0.39, 0.29) is 0 Å². The number of carboxylic acid groups (broad SMARTS) is 1. The Bertz CT molecular complexity index is 271. The van der Waals surface area contributed by atoms with Crippen LogP contribution in [-0.4, -0.2) is 35.1 Å². The highest BCUT2D eigenvalue weighted by Crippen LogP contribution is 2.03. The number of nitrogens with two attached hydrogens (primary N) is 2. The Hall–Kier alpha value is -1.14. The van der Waals surface area contributed by atoms with E-state index in [1.165, 1.54) is 0 Å². The molecule has 3 unspecified atom stereocenters. The second-order valence-electron chi connectivity index (χ2n) is 4.52. The molecule has 0 spiro atoms. The van der Waals surface area contributed by atoms with Crippen LogP contribution in [-0.2, 0) is 9.59 Å². The summed E-state index contributed by atoms with van der Waals surface area (Å²) in [6, 6.07) is -2.17. The number of rotatable bonds is 9. The van der Waals surface area contributed by atoms with E-state index < -0.39 is 30.0 Å². The Morgan fingerprint density at radius 3 is 2.22 bits per heavy atom. The first-order valence-corrected chi connectivity index (χ1v) is 6.48. The Balaban J connectivity index is 4.35.